The third-order valence-corrected chi connectivity index (χ3v) is 1.37. The van der Waals surface area contributed by atoms with E-state index < -0.39 is 0 Å². The molecule has 0 aliphatic heterocycles. The zero-order valence-corrected chi connectivity index (χ0v) is 7.72. The fourth-order valence-electron chi connectivity index (χ4n) is 0.762. The molecule has 0 bridgehead atoms. The lowest BCUT2D eigenvalue weighted by atomic mass is 10.3. The summed E-state index contributed by atoms with van der Waals surface area (Å²) < 4.78 is 4.90. The van der Waals surface area contributed by atoms with Gasteiger partial charge < -0.3 is 10.1 Å². The van der Waals surface area contributed by atoms with Gasteiger partial charge in [-0.2, -0.15) is 0 Å². The van der Waals surface area contributed by atoms with Gasteiger partial charge in [0, 0.05) is 13.8 Å². The smallest absolute Gasteiger partial charge is 0.302 e. The molecule has 4 heteroatoms. The molecule has 0 rings (SSSR count). The highest BCUT2D eigenvalue weighted by Gasteiger charge is 2.08. The monoisotopic (exact) mass is 173 g/mol. The first-order valence-corrected chi connectivity index (χ1v) is 3.98. The molecular formula is C8H15NO3. The molecule has 1 amide bonds. The van der Waals surface area contributed by atoms with Crippen LogP contribution in [0.5, 0.6) is 0 Å². The van der Waals surface area contributed by atoms with E-state index >= 15 is 0 Å². The third kappa shape index (κ3) is 5.70. The van der Waals surface area contributed by atoms with Gasteiger partial charge in [-0.1, -0.05) is 6.92 Å². The van der Waals surface area contributed by atoms with E-state index in [2.05, 4.69) is 5.32 Å². The van der Waals surface area contributed by atoms with E-state index in [0.29, 0.717) is 13.0 Å². The Hall–Kier alpha value is -1.06. The number of nitrogens with one attached hydrogen (secondary N) is 1. The number of esters is 1. The average Bonchev–Trinajstić information content (AvgIpc) is 1.97. The van der Waals surface area contributed by atoms with Gasteiger partial charge in [0.2, 0.25) is 5.91 Å². The molecule has 0 fully saturated rings. The number of carbonyl (C=O) groups excluding carboxylic acids is 2. The van der Waals surface area contributed by atoms with Crippen molar-refractivity contribution in [1.82, 2.24) is 5.32 Å². The van der Waals surface area contributed by atoms with Crippen LogP contribution < -0.4 is 5.32 Å². The summed E-state index contributed by atoms with van der Waals surface area (Å²) in [4.78, 5) is 21.0. The highest BCUT2D eigenvalue weighted by molar-refractivity contribution is 5.72. The van der Waals surface area contributed by atoms with E-state index in [-0.39, 0.29) is 18.0 Å². The maximum absolute atomic E-state index is 10.5. The fourth-order valence-corrected chi connectivity index (χ4v) is 0.762. The molecule has 0 saturated carbocycles. The lowest BCUT2D eigenvalue weighted by Crippen LogP contribution is -2.32. The van der Waals surface area contributed by atoms with Gasteiger partial charge in [0.25, 0.3) is 0 Å². The summed E-state index contributed by atoms with van der Waals surface area (Å²) in [6, 6.07) is 0. The lowest BCUT2D eigenvalue weighted by Gasteiger charge is -2.14. The number of ether oxygens (including phenoxy) is 1. The number of amides is 1. The second-order valence-electron chi connectivity index (χ2n) is 2.58. The highest BCUT2D eigenvalue weighted by atomic mass is 16.5. The van der Waals surface area contributed by atoms with Crippen molar-refractivity contribution >= 4 is 11.9 Å². The SMILES string of the molecule is CC[C@H](CNC(C)=O)OC(C)=O. The van der Waals surface area contributed by atoms with Crippen LogP contribution in [0.2, 0.25) is 0 Å². The maximum Gasteiger partial charge on any atom is 0.302 e. The zero-order valence-electron chi connectivity index (χ0n) is 7.72. The number of carbonyl (C=O) groups is 2. The van der Waals surface area contributed by atoms with Crippen molar-refractivity contribution in [1.29, 1.82) is 0 Å². The van der Waals surface area contributed by atoms with Gasteiger partial charge in [0.15, 0.2) is 0 Å². The van der Waals surface area contributed by atoms with Crippen LogP contribution >= 0.6 is 0 Å². The Bertz CT molecular complexity index is 168. The third-order valence-electron chi connectivity index (χ3n) is 1.37. The quantitative estimate of drug-likeness (QED) is 0.628. The predicted molar refractivity (Wildman–Crippen MR) is 44.5 cm³/mol. The van der Waals surface area contributed by atoms with Crippen molar-refractivity contribution in [3.05, 3.63) is 0 Å². The van der Waals surface area contributed by atoms with Crippen LogP contribution in [0.4, 0.5) is 0 Å². The lowest BCUT2D eigenvalue weighted by molar-refractivity contribution is -0.146. The molecule has 0 unspecified atom stereocenters. The first-order valence-electron chi connectivity index (χ1n) is 3.98. The molecule has 0 heterocycles. The minimum atomic E-state index is -0.313. The summed E-state index contributed by atoms with van der Waals surface area (Å²) in [5.41, 5.74) is 0. The molecule has 4 nitrogen and oxygen atoms in total. The predicted octanol–water partition coefficient (Wildman–Crippen LogP) is 0.464. The Morgan fingerprint density at radius 1 is 1.42 bits per heavy atom. The summed E-state index contributed by atoms with van der Waals surface area (Å²) in [7, 11) is 0. The van der Waals surface area contributed by atoms with Crippen LogP contribution in [0.3, 0.4) is 0 Å². The van der Waals surface area contributed by atoms with Crippen LogP contribution in [0.25, 0.3) is 0 Å². The van der Waals surface area contributed by atoms with Crippen LogP contribution in [0.1, 0.15) is 27.2 Å². The first kappa shape index (κ1) is 10.9. The van der Waals surface area contributed by atoms with Gasteiger partial charge in [-0.3, -0.25) is 9.59 Å². The standard InChI is InChI=1S/C8H15NO3/c1-4-8(12-7(3)11)5-9-6(2)10/h8H,4-5H2,1-3H3,(H,9,10)/t8-/m1/s1. The van der Waals surface area contributed by atoms with E-state index in [1.54, 1.807) is 0 Å². The second kappa shape index (κ2) is 5.57. The molecule has 0 aromatic heterocycles. The Kier molecular flexibility index (Phi) is 5.08. The summed E-state index contributed by atoms with van der Waals surface area (Å²) in [5.74, 6) is -0.423. The molecule has 0 radical (unpaired) electrons. The zero-order chi connectivity index (χ0) is 9.56. The molecule has 0 aromatic rings. The van der Waals surface area contributed by atoms with Crippen molar-refractivity contribution in [2.45, 2.75) is 33.3 Å². The van der Waals surface area contributed by atoms with Crippen LogP contribution in [-0.2, 0) is 14.3 Å². The van der Waals surface area contributed by atoms with Crippen molar-refractivity contribution < 1.29 is 14.3 Å². The van der Waals surface area contributed by atoms with Gasteiger partial charge in [-0.05, 0) is 6.42 Å². The molecular weight excluding hydrogens is 158 g/mol. The molecule has 12 heavy (non-hydrogen) atoms. The molecule has 1 atom stereocenters. The highest BCUT2D eigenvalue weighted by Crippen LogP contribution is 1.96. The number of hydrogen-bond donors (Lipinski definition) is 1. The molecule has 70 valence electrons. The maximum atomic E-state index is 10.5. The topological polar surface area (TPSA) is 55.4 Å². The van der Waals surface area contributed by atoms with Gasteiger partial charge >= 0.3 is 5.97 Å². The first-order chi connectivity index (χ1) is 5.56. The van der Waals surface area contributed by atoms with Gasteiger partial charge in [-0.25, -0.2) is 0 Å². The van der Waals surface area contributed by atoms with Crippen LogP contribution in [-0.4, -0.2) is 24.5 Å². The Balaban J connectivity index is 3.67. The van der Waals surface area contributed by atoms with E-state index in [4.69, 9.17) is 4.74 Å². The Morgan fingerprint density at radius 2 is 2.00 bits per heavy atom. The molecule has 0 aromatic carbocycles. The van der Waals surface area contributed by atoms with E-state index in [9.17, 15) is 9.59 Å². The molecule has 1 N–H and O–H groups in total. The largest absolute Gasteiger partial charge is 0.461 e. The Labute approximate surface area is 72.3 Å². The van der Waals surface area contributed by atoms with Gasteiger partial charge in [0.1, 0.15) is 6.10 Å². The van der Waals surface area contributed by atoms with Gasteiger partial charge in [0.05, 0.1) is 6.54 Å². The van der Waals surface area contributed by atoms with Crippen LogP contribution in [0.15, 0.2) is 0 Å². The van der Waals surface area contributed by atoms with Gasteiger partial charge in [-0.15, -0.1) is 0 Å². The molecule has 0 spiro atoms. The normalized spacial score (nSPS) is 11.9. The minimum Gasteiger partial charge on any atom is -0.461 e. The summed E-state index contributed by atoms with van der Waals surface area (Å²) in [5, 5.41) is 2.59. The van der Waals surface area contributed by atoms with E-state index in [1.807, 2.05) is 6.92 Å². The van der Waals surface area contributed by atoms with Crippen molar-refractivity contribution in [3.63, 3.8) is 0 Å². The number of hydrogen-bond acceptors (Lipinski definition) is 3. The van der Waals surface area contributed by atoms with Crippen LogP contribution in [0, 0.1) is 0 Å². The summed E-state index contributed by atoms with van der Waals surface area (Å²) in [6.45, 7) is 5.08. The minimum absolute atomic E-state index is 0.111. The Morgan fingerprint density at radius 3 is 2.33 bits per heavy atom. The molecule has 0 aliphatic rings. The number of rotatable bonds is 4. The molecule has 0 saturated heterocycles. The van der Waals surface area contributed by atoms with Crippen molar-refractivity contribution in [2.24, 2.45) is 0 Å². The summed E-state index contributed by atoms with van der Waals surface area (Å²) in [6.07, 6.45) is 0.506. The average molecular weight is 173 g/mol. The van der Waals surface area contributed by atoms with Crippen molar-refractivity contribution in [2.75, 3.05) is 6.54 Å². The van der Waals surface area contributed by atoms with E-state index in [0.717, 1.165) is 0 Å². The van der Waals surface area contributed by atoms with Crippen molar-refractivity contribution in [3.8, 4) is 0 Å². The molecule has 0 aliphatic carbocycles. The van der Waals surface area contributed by atoms with E-state index in [1.165, 1.54) is 13.8 Å². The fraction of sp³-hybridized carbons (Fsp3) is 0.750. The summed E-state index contributed by atoms with van der Waals surface area (Å²) >= 11 is 0. The second-order valence-corrected chi connectivity index (χ2v) is 2.58.